The van der Waals surface area contributed by atoms with Gasteiger partial charge in [0.05, 0.1) is 19.2 Å². The number of hydrogen-bond donors (Lipinski definition) is 1. The number of hydrogen-bond acceptors (Lipinski definition) is 6. The molecule has 1 aromatic carbocycles. The maximum atomic E-state index is 12.8. The van der Waals surface area contributed by atoms with Crippen LogP contribution in [0.1, 0.15) is 12.8 Å². The number of aryl methyl sites for hydroxylation is 1. The minimum absolute atomic E-state index is 0.0345. The van der Waals surface area contributed by atoms with Crippen LogP contribution in [0.15, 0.2) is 35.5 Å². The summed E-state index contributed by atoms with van der Waals surface area (Å²) in [5.74, 6) is -1.05. The minimum atomic E-state index is -3.75. The van der Waals surface area contributed by atoms with E-state index in [1.165, 1.54) is 46.7 Å². The van der Waals surface area contributed by atoms with Crippen LogP contribution in [0, 0.1) is 5.92 Å². The van der Waals surface area contributed by atoms with Crippen LogP contribution in [0.2, 0.25) is 0 Å². The molecular formula is C18H22F2N4O5S. The quantitative estimate of drug-likeness (QED) is 0.701. The lowest BCUT2D eigenvalue weighted by Gasteiger charge is -2.30. The number of alkyl halides is 2. The summed E-state index contributed by atoms with van der Waals surface area (Å²) in [5.41, 5.74) is 0.325. The maximum Gasteiger partial charge on any atom is 0.387 e. The van der Waals surface area contributed by atoms with Crippen molar-refractivity contribution in [1.29, 1.82) is 0 Å². The second-order valence-electron chi connectivity index (χ2n) is 6.79. The van der Waals surface area contributed by atoms with Crippen LogP contribution < -0.4 is 14.8 Å². The van der Waals surface area contributed by atoms with Crippen molar-refractivity contribution in [3.8, 4) is 11.5 Å². The normalized spacial score (nSPS) is 17.7. The van der Waals surface area contributed by atoms with Crippen molar-refractivity contribution >= 4 is 21.6 Å². The molecule has 1 aliphatic heterocycles. The fourth-order valence-electron chi connectivity index (χ4n) is 3.24. The lowest BCUT2D eigenvalue weighted by Crippen LogP contribution is -2.43. The first-order valence-electron chi connectivity index (χ1n) is 9.13. The number of amides is 1. The van der Waals surface area contributed by atoms with Crippen LogP contribution >= 0.6 is 0 Å². The highest BCUT2D eigenvalue weighted by molar-refractivity contribution is 7.89. The number of halogens is 2. The molecule has 1 aliphatic rings. The fourth-order valence-corrected chi connectivity index (χ4v) is 4.75. The van der Waals surface area contributed by atoms with Crippen LogP contribution in [0.25, 0.3) is 0 Å². The Hall–Kier alpha value is -2.73. The van der Waals surface area contributed by atoms with Gasteiger partial charge in [0.2, 0.25) is 15.9 Å². The van der Waals surface area contributed by atoms with Gasteiger partial charge in [-0.05, 0) is 25.0 Å². The third-order valence-electron chi connectivity index (χ3n) is 4.72. The zero-order chi connectivity index (χ0) is 21.9. The molecule has 0 saturated carbocycles. The summed E-state index contributed by atoms with van der Waals surface area (Å²) >= 11 is 0. The van der Waals surface area contributed by atoms with Crippen LogP contribution in [0.4, 0.5) is 14.5 Å². The SMILES string of the molecule is COc1cc(NC(=O)C2CCCN(S(=O)(=O)c3cnn(C)c3)C2)ccc1OC(F)F. The third-order valence-corrected chi connectivity index (χ3v) is 6.54. The summed E-state index contributed by atoms with van der Waals surface area (Å²) < 4.78 is 62.5. The van der Waals surface area contributed by atoms with Crippen molar-refractivity contribution in [2.45, 2.75) is 24.3 Å². The van der Waals surface area contributed by atoms with Gasteiger partial charge in [0.1, 0.15) is 4.90 Å². The standard InChI is InChI=1S/C18H22F2N4O5S/c1-23-11-14(9-21-23)30(26,27)24-7-3-4-12(10-24)17(25)22-13-5-6-15(29-18(19)20)16(8-13)28-2/h5-6,8-9,11-12,18H,3-4,7,10H2,1-2H3,(H,22,25). The Kier molecular flexibility index (Phi) is 6.56. The van der Waals surface area contributed by atoms with Crippen LogP contribution in [-0.2, 0) is 21.9 Å². The second-order valence-corrected chi connectivity index (χ2v) is 8.72. The molecule has 12 heteroatoms. The van der Waals surface area contributed by atoms with Gasteiger partial charge < -0.3 is 14.8 Å². The van der Waals surface area contributed by atoms with E-state index in [4.69, 9.17) is 4.74 Å². The predicted octanol–water partition coefficient (Wildman–Crippen LogP) is 2.07. The molecule has 3 rings (SSSR count). The number of aromatic nitrogens is 2. The highest BCUT2D eigenvalue weighted by Gasteiger charge is 2.34. The number of carbonyl (C=O) groups is 1. The number of nitrogens with one attached hydrogen (secondary N) is 1. The molecule has 0 bridgehead atoms. The van der Waals surface area contributed by atoms with Gasteiger partial charge >= 0.3 is 6.61 Å². The number of carbonyl (C=O) groups excluding carboxylic acids is 1. The topological polar surface area (TPSA) is 103 Å². The predicted molar refractivity (Wildman–Crippen MR) is 103 cm³/mol. The smallest absolute Gasteiger partial charge is 0.387 e. The molecule has 1 amide bonds. The Balaban J connectivity index is 1.70. The summed E-state index contributed by atoms with van der Waals surface area (Å²) in [7, 11) is -0.830. The van der Waals surface area contributed by atoms with Gasteiger partial charge in [-0.15, -0.1) is 0 Å². The number of piperidine rings is 1. The van der Waals surface area contributed by atoms with E-state index in [0.29, 0.717) is 25.1 Å². The summed E-state index contributed by atoms with van der Waals surface area (Å²) in [6.07, 6.45) is 3.74. The zero-order valence-electron chi connectivity index (χ0n) is 16.4. The van der Waals surface area contributed by atoms with Gasteiger partial charge in [0.25, 0.3) is 0 Å². The number of anilines is 1. The van der Waals surface area contributed by atoms with Crippen LogP contribution in [0.5, 0.6) is 11.5 Å². The van der Waals surface area contributed by atoms with Crippen LogP contribution in [-0.4, -0.2) is 55.2 Å². The maximum absolute atomic E-state index is 12.8. The van der Waals surface area contributed by atoms with E-state index in [0.717, 1.165) is 0 Å². The second kappa shape index (κ2) is 8.96. The number of benzene rings is 1. The number of methoxy groups -OCH3 is 1. The highest BCUT2D eigenvalue weighted by Crippen LogP contribution is 2.32. The lowest BCUT2D eigenvalue weighted by atomic mass is 9.98. The molecule has 164 valence electrons. The number of nitrogens with zero attached hydrogens (tertiary/aromatic N) is 3. The van der Waals surface area contributed by atoms with E-state index in [1.54, 1.807) is 7.05 Å². The molecule has 0 aliphatic carbocycles. The van der Waals surface area contributed by atoms with Gasteiger partial charge in [0, 0.05) is 38.1 Å². The molecule has 30 heavy (non-hydrogen) atoms. The first-order valence-corrected chi connectivity index (χ1v) is 10.6. The fraction of sp³-hybridized carbons (Fsp3) is 0.444. The molecule has 1 N–H and O–H groups in total. The first kappa shape index (κ1) is 22.0. The molecule has 2 heterocycles. The largest absolute Gasteiger partial charge is 0.493 e. The van der Waals surface area contributed by atoms with Crippen molar-refractivity contribution in [2.75, 3.05) is 25.5 Å². The number of sulfonamides is 1. The van der Waals surface area contributed by atoms with Gasteiger partial charge in [0.15, 0.2) is 11.5 Å². The summed E-state index contributed by atoms with van der Waals surface area (Å²) in [6.45, 7) is -2.66. The molecule has 1 atom stereocenters. The Morgan fingerprint density at radius 2 is 2.10 bits per heavy atom. The molecule has 1 unspecified atom stereocenters. The van der Waals surface area contributed by atoms with E-state index in [2.05, 4.69) is 15.2 Å². The summed E-state index contributed by atoms with van der Waals surface area (Å²) in [5, 5.41) is 6.57. The van der Waals surface area contributed by atoms with Crippen molar-refractivity contribution in [1.82, 2.24) is 14.1 Å². The molecule has 0 radical (unpaired) electrons. The molecule has 9 nitrogen and oxygen atoms in total. The molecule has 1 aromatic heterocycles. The molecular weight excluding hydrogens is 422 g/mol. The average molecular weight is 444 g/mol. The highest BCUT2D eigenvalue weighted by atomic mass is 32.2. The summed E-state index contributed by atoms with van der Waals surface area (Å²) in [6, 6.07) is 4.04. The van der Waals surface area contributed by atoms with E-state index in [1.807, 2.05) is 0 Å². The first-order chi connectivity index (χ1) is 14.2. The van der Waals surface area contributed by atoms with E-state index in [-0.39, 0.29) is 28.8 Å². The lowest BCUT2D eigenvalue weighted by molar-refractivity contribution is -0.120. The van der Waals surface area contributed by atoms with Crippen molar-refractivity contribution < 1.29 is 31.5 Å². The molecule has 0 spiro atoms. The third kappa shape index (κ3) is 4.87. The monoisotopic (exact) mass is 444 g/mol. The Morgan fingerprint density at radius 1 is 1.33 bits per heavy atom. The van der Waals surface area contributed by atoms with Gasteiger partial charge in [-0.1, -0.05) is 0 Å². The molecule has 2 aromatic rings. The Morgan fingerprint density at radius 3 is 2.73 bits per heavy atom. The van der Waals surface area contributed by atoms with Crippen molar-refractivity contribution in [2.24, 2.45) is 13.0 Å². The Labute approximate surface area is 172 Å². The van der Waals surface area contributed by atoms with Gasteiger partial charge in [-0.2, -0.15) is 18.2 Å². The van der Waals surface area contributed by atoms with Crippen LogP contribution in [0.3, 0.4) is 0 Å². The summed E-state index contributed by atoms with van der Waals surface area (Å²) in [4.78, 5) is 12.8. The van der Waals surface area contributed by atoms with Gasteiger partial charge in [-0.25, -0.2) is 8.42 Å². The zero-order valence-corrected chi connectivity index (χ0v) is 17.2. The molecule has 1 saturated heterocycles. The Bertz CT molecular complexity index is 1010. The van der Waals surface area contributed by atoms with Gasteiger partial charge in [-0.3, -0.25) is 9.48 Å². The number of rotatable bonds is 7. The average Bonchev–Trinajstić information content (AvgIpc) is 3.16. The van der Waals surface area contributed by atoms with Crippen molar-refractivity contribution in [3.63, 3.8) is 0 Å². The van der Waals surface area contributed by atoms with E-state index in [9.17, 15) is 22.0 Å². The van der Waals surface area contributed by atoms with E-state index >= 15 is 0 Å². The minimum Gasteiger partial charge on any atom is -0.493 e. The van der Waals surface area contributed by atoms with Crippen molar-refractivity contribution in [3.05, 3.63) is 30.6 Å². The molecule has 1 fully saturated rings. The number of ether oxygens (including phenoxy) is 2. The van der Waals surface area contributed by atoms with E-state index < -0.39 is 22.6 Å².